The molecule has 0 spiro atoms. The number of aromatic nitrogens is 3. The molecule has 1 amide bonds. The lowest BCUT2D eigenvalue weighted by Gasteiger charge is -2.10. The number of carbonyl (C=O) groups is 1. The molecule has 0 radical (unpaired) electrons. The summed E-state index contributed by atoms with van der Waals surface area (Å²) < 4.78 is 1.79. The fraction of sp³-hybridized carbons (Fsp3) is 0.250. The minimum absolute atomic E-state index is 0.102. The molecule has 0 aromatic carbocycles. The highest BCUT2D eigenvalue weighted by molar-refractivity contribution is 5.92. The van der Waals surface area contributed by atoms with Gasteiger partial charge in [0.15, 0.2) is 0 Å². The number of hydrogen-bond acceptors (Lipinski definition) is 4. The number of carbonyl (C=O) groups excluding carboxylic acids is 1. The Balaban J connectivity index is 2.06. The molecular formula is C12H15N5O. The van der Waals surface area contributed by atoms with Gasteiger partial charge in [0.25, 0.3) is 0 Å². The third kappa shape index (κ3) is 2.72. The number of anilines is 1. The zero-order valence-corrected chi connectivity index (χ0v) is 10.1. The third-order valence-corrected chi connectivity index (χ3v) is 2.59. The Morgan fingerprint density at radius 1 is 1.56 bits per heavy atom. The van der Waals surface area contributed by atoms with Crippen molar-refractivity contribution in [2.45, 2.75) is 6.92 Å². The van der Waals surface area contributed by atoms with Gasteiger partial charge in [-0.15, -0.1) is 0 Å². The van der Waals surface area contributed by atoms with Gasteiger partial charge < -0.3 is 11.1 Å². The fourth-order valence-electron chi connectivity index (χ4n) is 1.38. The Morgan fingerprint density at radius 2 is 2.39 bits per heavy atom. The van der Waals surface area contributed by atoms with E-state index in [-0.39, 0.29) is 11.8 Å². The number of nitrogens with two attached hydrogens (primary N) is 1. The maximum atomic E-state index is 11.6. The standard InChI is InChI=1S/C12H15N5O/c1-9(6-13)12(18)16-10-2-3-11(15-7-10)17-5-4-14-8-17/h2-5,7-9H,6,13H2,1H3,(H,16,18). The van der Waals surface area contributed by atoms with Gasteiger partial charge in [-0.2, -0.15) is 0 Å². The molecule has 0 aliphatic rings. The number of hydrogen-bond donors (Lipinski definition) is 2. The first-order chi connectivity index (χ1) is 8.70. The van der Waals surface area contributed by atoms with Gasteiger partial charge in [-0.3, -0.25) is 9.36 Å². The molecule has 2 aromatic heterocycles. The van der Waals surface area contributed by atoms with Crippen LogP contribution in [0.3, 0.4) is 0 Å². The maximum absolute atomic E-state index is 11.6. The van der Waals surface area contributed by atoms with Gasteiger partial charge in [-0.05, 0) is 12.1 Å². The Morgan fingerprint density at radius 3 is 2.94 bits per heavy atom. The van der Waals surface area contributed by atoms with Crippen LogP contribution in [0.5, 0.6) is 0 Å². The highest BCUT2D eigenvalue weighted by Crippen LogP contribution is 2.10. The lowest BCUT2D eigenvalue weighted by atomic mass is 10.1. The van der Waals surface area contributed by atoms with Crippen LogP contribution < -0.4 is 11.1 Å². The molecule has 2 rings (SSSR count). The second-order valence-electron chi connectivity index (χ2n) is 4.00. The van der Waals surface area contributed by atoms with Gasteiger partial charge >= 0.3 is 0 Å². The van der Waals surface area contributed by atoms with E-state index < -0.39 is 0 Å². The molecule has 0 aliphatic carbocycles. The molecule has 94 valence electrons. The Bertz CT molecular complexity index is 506. The Hall–Kier alpha value is -2.21. The molecule has 2 aromatic rings. The summed E-state index contributed by atoms with van der Waals surface area (Å²) in [6.45, 7) is 2.11. The van der Waals surface area contributed by atoms with Gasteiger partial charge in [-0.25, -0.2) is 9.97 Å². The van der Waals surface area contributed by atoms with Crippen LogP contribution in [-0.2, 0) is 4.79 Å². The topological polar surface area (TPSA) is 85.8 Å². The monoisotopic (exact) mass is 245 g/mol. The van der Waals surface area contributed by atoms with Crippen LogP contribution >= 0.6 is 0 Å². The summed E-state index contributed by atoms with van der Waals surface area (Å²) in [6, 6.07) is 3.61. The van der Waals surface area contributed by atoms with Crippen LogP contribution in [0.25, 0.3) is 5.82 Å². The first kappa shape index (κ1) is 12.3. The minimum Gasteiger partial charge on any atom is -0.330 e. The minimum atomic E-state index is -0.210. The lowest BCUT2D eigenvalue weighted by Crippen LogP contribution is -2.26. The van der Waals surface area contributed by atoms with E-state index in [2.05, 4.69) is 15.3 Å². The zero-order valence-electron chi connectivity index (χ0n) is 10.1. The van der Waals surface area contributed by atoms with E-state index >= 15 is 0 Å². The van der Waals surface area contributed by atoms with Crippen LogP contribution in [0.1, 0.15) is 6.92 Å². The summed E-state index contributed by atoms with van der Waals surface area (Å²) in [4.78, 5) is 19.8. The van der Waals surface area contributed by atoms with E-state index in [1.165, 1.54) is 0 Å². The van der Waals surface area contributed by atoms with Crippen LogP contribution in [-0.4, -0.2) is 27.0 Å². The summed E-state index contributed by atoms with van der Waals surface area (Å²) in [7, 11) is 0. The van der Waals surface area contributed by atoms with Gasteiger partial charge in [0.1, 0.15) is 12.1 Å². The summed E-state index contributed by atoms with van der Waals surface area (Å²) in [5.74, 6) is 0.436. The maximum Gasteiger partial charge on any atom is 0.228 e. The predicted octanol–water partition coefficient (Wildman–Crippen LogP) is 0.801. The average molecular weight is 245 g/mol. The molecule has 0 fully saturated rings. The van der Waals surface area contributed by atoms with Crippen molar-refractivity contribution in [1.29, 1.82) is 0 Å². The first-order valence-electron chi connectivity index (χ1n) is 5.66. The second-order valence-corrected chi connectivity index (χ2v) is 4.00. The predicted molar refractivity (Wildman–Crippen MR) is 68.2 cm³/mol. The van der Waals surface area contributed by atoms with E-state index in [1.54, 1.807) is 42.5 Å². The molecule has 0 saturated carbocycles. The number of imidazole rings is 1. The van der Waals surface area contributed by atoms with Crippen LogP contribution in [0.2, 0.25) is 0 Å². The van der Waals surface area contributed by atoms with Crippen molar-refractivity contribution in [2.24, 2.45) is 11.7 Å². The Kier molecular flexibility index (Phi) is 3.69. The smallest absolute Gasteiger partial charge is 0.228 e. The van der Waals surface area contributed by atoms with Crippen molar-refractivity contribution in [3.05, 3.63) is 37.1 Å². The number of rotatable bonds is 4. The number of pyridine rings is 1. The SMILES string of the molecule is CC(CN)C(=O)Nc1ccc(-n2ccnc2)nc1. The first-order valence-corrected chi connectivity index (χ1v) is 5.66. The molecule has 0 aliphatic heterocycles. The normalized spacial score (nSPS) is 12.1. The van der Waals surface area contributed by atoms with Crippen LogP contribution in [0, 0.1) is 5.92 Å². The van der Waals surface area contributed by atoms with Crippen molar-refractivity contribution < 1.29 is 4.79 Å². The van der Waals surface area contributed by atoms with E-state index in [0.29, 0.717) is 12.2 Å². The third-order valence-electron chi connectivity index (χ3n) is 2.59. The molecule has 6 heteroatoms. The second kappa shape index (κ2) is 5.42. The Labute approximate surface area is 105 Å². The number of nitrogens with zero attached hydrogens (tertiary/aromatic N) is 3. The van der Waals surface area contributed by atoms with Crippen LogP contribution in [0.4, 0.5) is 5.69 Å². The molecule has 0 saturated heterocycles. The largest absolute Gasteiger partial charge is 0.330 e. The van der Waals surface area contributed by atoms with E-state index in [1.807, 2.05) is 6.07 Å². The summed E-state index contributed by atoms with van der Waals surface area (Å²) >= 11 is 0. The molecule has 18 heavy (non-hydrogen) atoms. The summed E-state index contributed by atoms with van der Waals surface area (Å²) in [5.41, 5.74) is 6.08. The van der Waals surface area contributed by atoms with Crippen molar-refractivity contribution in [1.82, 2.24) is 14.5 Å². The zero-order chi connectivity index (χ0) is 13.0. The average Bonchev–Trinajstić information content (AvgIpc) is 2.92. The molecular weight excluding hydrogens is 230 g/mol. The number of amides is 1. The highest BCUT2D eigenvalue weighted by Gasteiger charge is 2.10. The molecule has 2 heterocycles. The lowest BCUT2D eigenvalue weighted by molar-refractivity contribution is -0.119. The van der Waals surface area contributed by atoms with E-state index in [9.17, 15) is 4.79 Å². The van der Waals surface area contributed by atoms with Gasteiger partial charge in [0.2, 0.25) is 5.91 Å². The molecule has 6 nitrogen and oxygen atoms in total. The van der Waals surface area contributed by atoms with Gasteiger partial charge in [0.05, 0.1) is 11.9 Å². The quantitative estimate of drug-likeness (QED) is 0.834. The molecule has 0 bridgehead atoms. The van der Waals surface area contributed by atoms with Crippen molar-refractivity contribution in [3.63, 3.8) is 0 Å². The van der Waals surface area contributed by atoms with E-state index in [4.69, 9.17) is 5.73 Å². The molecule has 3 N–H and O–H groups in total. The van der Waals surface area contributed by atoms with Crippen molar-refractivity contribution in [3.8, 4) is 5.82 Å². The fourth-order valence-corrected chi connectivity index (χ4v) is 1.38. The summed E-state index contributed by atoms with van der Waals surface area (Å²) in [5, 5.41) is 2.76. The van der Waals surface area contributed by atoms with Gasteiger partial charge in [-0.1, -0.05) is 6.92 Å². The van der Waals surface area contributed by atoms with Crippen molar-refractivity contribution in [2.75, 3.05) is 11.9 Å². The van der Waals surface area contributed by atoms with Crippen molar-refractivity contribution >= 4 is 11.6 Å². The summed E-state index contributed by atoms with van der Waals surface area (Å²) in [6.07, 6.45) is 6.75. The molecule has 1 unspecified atom stereocenters. The molecule has 1 atom stereocenters. The highest BCUT2D eigenvalue weighted by atomic mass is 16.1. The van der Waals surface area contributed by atoms with Gasteiger partial charge in [0, 0.05) is 24.9 Å². The van der Waals surface area contributed by atoms with Crippen LogP contribution in [0.15, 0.2) is 37.1 Å². The van der Waals surface area contributed by atoms with E-state index in [0.717, 1.165) is 5.82 Å². The number of nitrogens with one attached hydrogen (secondary N) is 1.